The molecular weight excluding hydrogens is 442 g/mol. The lowest BCUT2D eigenvalue weighted by Gasteiger charge is -2.36. The van der Waals surface area contributed by atoms with Gasteiger partial charge < -0.3 is 25.8 Å². The van der Waals surface area contributed by atoms with Crippen molar-refractivity contribution in [2.75, 3.05) is 75.7 Å². The van der Waals surface area contributed by atoms with Gasteiger partial charge >= 0.3 is 0 Å². The van der Waals surface area contributed by atoms with Crippen molar-refractivity contribution in [1.82, 2.24) is 25.4 Å². The highest BCUT2D eigenvalue weighted by Gasteiger charge is 2.23. The summed E-state index contributed by atoms with van der Waals surface area (Å²) in [5.41, 5.74) is 3.29. The van der Waals surface area contributed by atoms with Gasteiger partial charge in [0, 0.05) is 62.9 Å². The quantitative estimate of drug-likeness (QED) is 0.471. The maximum atomic E-state index is 5.51. The normalized spacial score (nSPS) is 19.2. The molecule has 0 unspecified atom stereocenters. The van der Waals surface area contributed by atoms with Crippen molar-refractivity contribution < 1.29 is 0 Å². The minimum atomic E-state index is 0.666. The number of benzene rings is 1. The summed E-state index contributed by atoms with van der Waals surface area (Å²) < 4.78 is 0. The summed E-state index contributed by atoms with van der Waals surface area (Å²) in [7, 11) is 0. The van der Waals surface area contributed by atoms with Crippen LogP contribution in [0.4, 0.5) is 11.5 Å². The zero-order chi connectivity index (χ0) is 23.9. The molecule has 0 radical (unpaired) electrons. The molecule has 0 spiro atoms. The van der Waals surface area contributed by atoms with Crippen LogP contribution in [-0.4, -0.2) is 91.4 Å². The zero-order valence-corrected chi connectivity index (χ0v) is 21.9. The Morgan fingerprint density at radius 3 is 2.68 bits per heavy atom. The lowest BCUT2D eigenvalue weighted by atomic mass is 10.1. The number of aromatic nitrogens is 1. The Bertz CT molecular complexity index is 948. The standard InChI is InChI=1S/C26H41N7S/c1-4-31(5-2)12-11-28-26(34)29-21-8-9-24-23(18-21)20(3)17-25(30-24)33-15-13-32(14-16-33)19-22-7-6-10-27-22/h8-9,17-18,22,27H,4-7,10-16,19H2,1-3H3,(H2,28,29,34)/t22-/m0/s1. The second kappa shape index (κ2) is 12.1. The number of nitrogens with one attached hydrogen (secondary N) is 3. The van der Waals surface area contributed by atoms with E-state index in [1.807, 2.05) is 0 Å². The summed E-state index contributed by atoms with van der Waals surface area (Å²) >= 11 is 5.51. The number of pyridine rings is 1. The van der Waals surface area contributed by atoms with Crippen LogP contribution in [0.3, 0.4) is 0 Å². The van der Waals surface area contributed by atoms with Crippen LogP contribution in [0.15, 0.2) is 24.3 Å². The third-order valence-corrected chi connectivity index (χ3v) is 7.45. The Balaban J connectivity index is 1.33. The predicted octanol–water partition coefficient (Wildman–Crippen LogP) is 3.05. The SMILES string of the molecule is CCN(CC)CCNC(=S)Nc1ccc2nc(N3CCN(C[C@@H]4CCCN4)CC3)cc(C)c2c1. The Labute approximate surface area is 210 Å². The Morgan fingerprint density at radius 1 is 1.18 bits per heavy atom. The van der Waals surface area contributed by atoms with E-state index in [9.17, 15) is 0 Å². The maximum absolute atomic E-state index is 5.51. The van der Waals surface area contributed by atoms with Gasteiger partial charge in [0.2, 0.25) is 0 Å². The first-order chi connectivity index (χ1) is 16.6. The number of rotatable bonds is 9. The molecule has 0 bridgehead atoms. The van der Waals surface area contributed by atoms with Crippen molar-refractivity contribution in [2.45, 2.75) is 39.7 Å². The van der Waals surface area contributed by atoms with Crippen LogP contribution in [0.5, 0.6) is 0 Å². The van der Waals surface area contributed by atoms with E-state index < -0.39 is 0 Å². The van der Waals surface area contributed by atoms with Gasteiger partial charge in [-0.3, -0.25) is 4.90 Å². The van der Waals surface area contributed by atoms with Gasteiger partial charge in [0.25, 0.3) is 0 Å². The van der Waals surface area contributed by atoms with Gasteiger partial charge in [-0.05, 0) is 81.4 Å². The van der Waals surface area contributed by atoms with E-state index >= 15 is 0 Å². The largest absolute Gasteiger partial charge is 0.361 e. The van der Waals surface area contributed by atoms with Gasteiger partial charge in [-0.2, -0.15) is 0 Å². The van der Waals surface area contributed by atoms with Crippen LogP contribution >= 0.6 is 12.2 Å². The second-order valence-corrected chi connectivity index (χ2v) is 9.93. The number of likely N-dealkylation sites (N-methyl/N-ethyl adjacent to an activating group) is 1. The molecule has 34 heavy (non-hydrogen) atoms. The topological polar surface area (TPSA) is 58.7 Å². The van der Waals surface area contributed by atoms with Crippen LogP contribution < -0.4 is 20.9 Å². The first-order valence-electron chi connectivity index (χ1n) is 12.9. The van der Waals surface area contributed by atoms with Gasteiger partial charge in [0.05, 0.1) is 5.52 Å². The number of nitrogens with zero attached hydrogens (tertiary/aromatic N) is 4. The number of hydrogen-bond acceptors (Lipinski definition) is 6. The lowest BCUT2D eigenvalue weighted by Crippen LogP contribution is -2.50. The average Bonchev–Trinajstić information content (AvgIpc) is 3.36. The molecule has 0 aliphatic carbocycles. The molecule has 0 saturated carbocycles. The molecule has 2 aromatic rings. The third kappa shape index (κ3) is 6.56. The molecular formula is C26H41N7S. The molecule has 2 aliphatic heterocycles. The molecule has 0 amide bonds. The molecule has 7 nitrogen and oxygen atoms in total. The molecule has 2 fully saturated rings. The van der Waals surface area contributed by atoms with Crippen molar-refractivity contribution in [3.63, 3.8) is 0 Å². The minimum Gasteiger partial charge on any atom is -0.361 e. The van der Waals surface area contributed by atoms with Crippen LogP contribution in [0.25, 0.3) is 10.9 Å². The van der Waals surface area contributed by atoms with Crippen molar-refractivity contribution in [1.29, 1.82) is 0 Å². The van der Waals surface area contributed by atoms with Crippen LogP contribution in [0.1, 0.15) is 32.3 Å². The van der Waals surface area contributed by atoms with E-state index in [0.29, 0.717) is 11.2 Å². The van der Waals surface area contributed by atoms with Crippen LogP contribution in [0, 0.1) is 6.92 Å². The number of fused-ring (bicyclic) bond motifs is 1. The van der Waals surface area contributed by atoms with E-state index in [2.05, 4.69) is 75.7 Å². The highest BCUT2D eigenvalue weighted by atomic mass is 32.1. The molecule has 2 aliphatic rings. The van der Waals surface area contributed by atoms with Gasteiger partial charge in [0.1, 0.15) is 5.82 Å². The Morgan fingerprint density at radius 2 is 1.97 bits per heavy atom. The number of anilines is 2. The monoisotopic (exact) mass is 483 g/mol. The smallest absolute Gasteiger partial charge is 0.170 e. The highest BCUT2D eigenvalue weighted by molar-refractivity contribution is 7.80. The average molecular weight is 484 g/mol. The fraction of sp³-hybridized carbons (Fsp3) is 0.615. The first-order valence-corrected chi connectivity index (χ1v) is 13.4. The highest BCUT2D eigenvalue weighted by Crippen LogP contribution is 2.26. The van der Waals surface area contributed by atoms with Gasteiger partial charge in [-0.25, -0.2) is 4.98 Å². The van der Waals surface area contributed by atoms with E-state index in [0.717, 1.165) is 69.4 Å². The molecule has 3 N–H and O–H groups in total. The number of hydrogen-bond donors (Lipinski definition) is 3. The zero-order valence-electron chi connectivity index (χ0n) is 21.1. The Kier molecular flexibility index (Phi) is 8.94. The predicted molar refractivity (Wildman–Crippen MR) is 148 cm³/mol. The van der Waals surface area contributed by atoms with Crippen LogP contribution in [0.2, 0.25) is 0 Å². The molecule has 1 aromatic heterocycles. The van der Waals surface area contributed by atoms with Crippen molar-refractivity contribution in [3.8, 4) is 0 Å². The number of aryl methyl sites for hydroxylation is 1. The van der Waals surface area contributed by atoms with E-state index in [-0.39, 0.29) is 0 Å². The van der Waals surface area contributed by atoms with Gasteiger partial charge in [-0.1, -0.05) is 13.8 Å². The molecule has 186 valence electrons. The minimum absolute atomic E-state index is 0.666. The fourth-order valence-electron chi connectivity index (χ4n) is 5.04. The lowest BCUT2D eigenvalue weighted by molar-refractivity contribution is 0.235. The van der Waals surface area contributed by atoms with Crippen molar-refractivity contribution in [3.05, 3.63) is 29.8 Å². The summed E-state index contributed by atoms with van der Waals surface area (Å²) in [6.07, 6.45) is 2.64. The summed E-state index contributed by atoms with van der Waals surface area (Å²) in [6, 6.07) is 9.26. The van der Waals surface area contributed by atoms with E-state index in [1.54, 1.807) is 0 Å². The van der Waals surface area contributed by atoms with E-state index in [4.69, 9.17) is 17.2 Å². The van der Waals surface area contributed by atoms with Gasteiger partial charge in [0.15, 0.2) is 5.11 Å². The summed E-state index contributed by atoms with van der Waals surface area (Å²) in [6.45, 7) is 17.2. The molecule has 2 saturated heterocycles. The summed E-state index contributed by atoms with van der Waals surface area (Å²) in [5.74, 6) is 1.10. The van der Waals surface area contributed by atoms with Crippen molar-refractivity contribution in [2.24, 2.45) is 0 Å². The summed E-state index contributed by atoms with van der Waals surface area (Å²) in [4.78, 5) is 12.4. The second-order valence-electron chi connectivity index (χ2n) is 9.52. The van der Waals surface area contributed by atoms with Gasteiger partial charge in [-0.15, -0.1) is 0 Å². The molecule has 8 heteroatoms. The first kappa shape index (κ1) is 25.1. The maximum Gasteiger partial charge on any atom is 0.170 e. The number of thiocarbonyl (C=S) groups is 1. The Hall–Kier alpha value is -2.00. The molecule has 3 heterocycles. The molecule has 1 atom stereocenters. The molecule has 1 aromatic carbocycles. The third-order valence-electron chi connectivity index (χ3n) is 7.21. The summed E-state index contributed by atoms with van der Waals surface area (Å²) in [5, 5.41) is 12.1. The van der Waals surface area contributed by atoms with Crippen LogP contribution in [-0.2, 0) is 0 Å². The fourth-order valence-corrected chi connectivity index (χ4v) is 5.26. The molecule has 4 rings (SSSR count). The number of piperazine rings is 1. The van der Waals surface area contributed by atoms with Crippen molar-refractivity contribution >= 4 is 39.7 Å². The van der Waals surface area contributed by atoms with E-state index in [1.165, 1.54) is 36.9 Å².